The Morgan fingerprint density at radius 1 is 1.25 bits per heavy atom. The number of benzene rings is 1. The smallest absolute Gasteiger partial charge is 0.189 e. The summed E-state index contributed by atoms with van der Waals surface area (Å²) in [6, 6.07) is 9.01. The first kappa shape index (κ1) is 11.9. The summed E-state index contributed by atoms with van der Waals surface area (Å²) >= 11 is 0. The maximum atomic E-state index is 8.94. The Balaban J connectivity index is 3.22. The van der Waals surface area contributed by atoms with Crippen LogP contribution in [-0.2, 0) is 0 Å². The van der Waals surface area contributed by atoms with E-state index in [1.807, 2.05) is 12.1 Å². The fraction of sp³-hybridized carbons (Fsp3) is 0.333. The number of methoxy groups -OCH3 is 1. The first-order valence-corrected chi connectivity index (χ1v) is 4.71. The highest BCUT2D eigenvalue weighted by molar-refractivity contribution is 5.52. The molecule has 0 radical (unpaired) electrons. The van der Waals surface area contributed by atoms with Crippen molar-refractivity contribution < 1.29 is 9.47 Å². The number of nitrogens with zero attached hydrogens (tertiary/aromatic N) is 2. The van der Waals surface area contributed by atoms with Gasteiger partial charge in [0, 0.05) is 0 Å². The highest BCUT2D eigenvalue weighted by Gasteiger charge is 2.22. The molecule has 0 aliphatic heterocycles. The molecule has 0 heterocycles. The van der Waals surface area contributed by atoms with Crippen LogP contribution in [0.3, 0.4) is 0 Å². The lowest BCUT2D eigenvalue weighted by atomic mass is 10.1. The molecule has 0 saturated heterocycles. The first-order valence-electron chi connectivity index (χ1n) is 4.71. The third kappa shape index (κ3) is 2.43. The number of rotatable bonds is 3. The fourth-order valence-electron chi connectivity index (χ4n) is 1.15. The Morgan fingerprint density at radius 2 is 1.94 bits per heavy atom. The summed E-state index contributed by atoms with van der Waals surface area (Å²) in [5, 5.41) is 17.8. The molecule has 0 aliphatic carbocycles. The summed E-state index contributed by atoms with van der Waals surface area (Å²) in [7, 11) is 1.49. The molecule has 1 rings (SSSR count). The average molecular weight is 216 g/mol. The van der Waals surface area contributed by atoms with Crippen LogP contribution < -0.4 is 9.47 Å². The zero-order valence-corrected chi connectivity index (χ0v) is 9.44. The molecular weight excluding hydrogens is 204 g/mol. The van der Waals surface area contributed by atoms with Crippen LogP contribution >= 0.6 is 0 Å². The van der Waals surface area contributed by atoms with Crippen molar-refractivity contribution in [2.24, 2.45) is 0 Å². The Bertz CT molecular complexity index is 467. The van der Waals surface area contributed by atoms with Gasteiger partial charge in [0.05, 0.1) is 12.7 Å². The minimum absolute atomic E-state index is 0.305. The van der Waals surface area contributed by atoms with Gasteiger partial charge in [-0.25, -0.2) is 0 Å². The lowest BCUT2D eigenvalue weighted by Gasteiger charge is -2.20. The Hall–Kier alpha value is -2.20. The van der Waals surface area contributed by atoms with Crippen LogP contribution in [0.4, 0.5) is 0 Å². The Kier molecular flexibility index (Phi) is 3.37. The molecule has 0 unspecified atom stereocenters. The van der Waals surface area contributed by atoms with Gasteiger partial charge in [0.1, 0.15) is 12.1 Å². The molecule has 1 aromatic carbocycles. The molecule has 0 saturated carbocycles. The molecular formula is C12H12N2O2. The van der Waals surface area contributed by atoms with Gasteiger partial charge < -0.3 is 9.47 Å². The van der Waals surface area contributed by atoms with Crippen molar-refractivity contribution in [3.05, 3.63) is 23.8 Å². The van der Waals surface area contributed by atoms with E-state index in [1.54, 1.807) is 32.0 Å². The molecule has 0 aliphatic rings. The van der Waals surface area contributed by atoms with Gasteiger partial charge in [-0.15, -0.1) is 0 Å². The average Bonchev–Trinajstić information content (AvgIpc) is 2.29. The number of ether oxygens (including phenoxy) is 2. The van der Waals surface area contributed by atoms with Crippen molar-refractivity contribution in [1.82, 2.24) is 0 Å². The zero-order valence-electron chi connectivity index (χ0n) is 9.44. The maximum absolute atomic E-state index is 8.94. The summed E-state index contributed by atoms with van der Waals surface area (Å²) in [6.07, 6.45) is 0. The molecule has 4 nitrogen and oxygen atoms in total. The van der Waals surface area contributed by atoms with Gasteiger partial charge in [0.25, 0.3) is 0 Å². The van der Waals surface area contributed by atoms with Crippen molar-refractivity contribution in [1.29, 1.82) is 10.5 Å². The predicted molar refractivity (Wildman–Crippen MR) is 58.0 cm³/mol. The number of para-hydroxylation sites is 1. The van der Waals surface area contributed by atoms with Gasteiger partial charge in [-0.2, -0.15) is 10.5 Å². The van der Waals surface area contributed by atoms with Crippen LogP contribution in [0.25, 0.3) is 0 Å². The second kappa shape index (κ2) is 4.55. The van der Waals surface area contributed by atoms with Crippen LogP contribution in [0.15, 0.2) is 18.2 Å². The summed E-state index contributed by atoms with van der Waals surface area (Å²) in [5.41, 5.74) is -0.650. The first-order chi connectivity index (χ1) is 7.54. The van der Waals surface area contributed by atoms with Crippen molar-refractivity contribution >= 4 is 0 Å². The van der Waals surface area contributed by atoms with Crippen LogP contribution in [0.1, 0.15) is 19.4 Å². The minimum atomic E-state index is -1.000. The van der Waals surface area contributed by atoms with Crippen molar-refractivity contribution in [3.63, 3.8) is 0 Å². The summed E-state index contributed by atoms with van der Waals surface area (Å²) < 4.78 is 10.6. The molecule has 0 amide bonds. The summed E-state index contributed by atoms with van der Waals surface area (Å²) in [4.78, 5) is 0. The van der Waals surface area contributed by atoms with Gasteiger partial charge in [0.2, 0.25) is 0 Å². The molecule has 0 bridgehead atoms. The highest BCUT2D eigenvalue weighted by Crippen LogP contribution is 2.33. The third-order valence-corrected chi connectivity index (χ3v) is 1.95. The third-order valence-electron chi connectivity index (χ3n) is 1.95. The predicted octanol–water partition coefficient (Wildman–Crippen LogP) is 2.25. The second-order valence-corrected chi connectivity index (χ2v) is 3.67. The summed E-state index contributed by atoms with van der Waals surface area (Å²) in [6.45, 7) is 3.25. The maximum Gasteiger partial charge on any atom is 0.189 e. The van der Waals surface area contributed by atoms with Gasteiger partial charge in [-0.05, 0) is 26.0 Å². The van der Waals surface area contributed by atoms with Crippen LogP contribution in [0.5, 0.6) is 11.5 Å². The standard InChI is InChI=1S/C12H12N2O2/c1-12(2,8-14)16-11-9(7-13)5-4-6-10(11)15-3/h4-6H,1-3H3. The van der Waals surface area contributed by atoms with Gasteiger partial charge in [-0.3, -0.25) is 0 Å². The summed E-state index contributed by atoms with van der Waals surface area (Å²) in [5.74, 6) is 0.751. The molecule has 82 valence electrons. The van der Waals surface area contributed by atoms with E-state index in [9.17, 15) is 0 Å². The van der Waals surface area contributed by atoms with Gasteiger partial charge in [-0.1, -0.05) is 6.07 Å². The Morgan fingerprint density at radius 3 is 2.44 bits per heavy atom. The van der Waals surface area contributed by atoms with Crippen molar-refractivity contribution in [3.8, 4) is 23.6 Å². The van der Waals surface area contributed by atoms with Crippen LogP contribution in [0.2, 0.25) is 0 Å². The van der Waals surface area contributed by atoms with Crippen molar-refractivity contribution in [2.75, 3.05) is 7.11 Å². The van der Waals surface area contributed by atoms with E-state index in [0.29, 0.717) is 17.1 Å². The molecule has 16 heavy (non-hydrogen) atoms. The topological polar surface area (TPSA) is 66.0 Å². The SMILES string of the molecule is COc1cccc(C#N)c1OC(C)(C)C#N. The largest absolute Gasteiger partial charge is 0.493 e. The molecule has 0 aromatic heterocycles. The molecule has 0 spiro atoms. The van der Waals surface area contributed by atoms with E-state index in [4.69, 9.17) is 20.0 Å². The molecule has 0 fully saturated rings. The fourth-order valence-corrected chi connectivity index (χ4v) is 1.15. The van der Waals surface area contributed by atoms with E-state index in [1.165, 1.54) is 7.11 Å². The van der Waals surface area contributed by atoms with E-state index < -0.39 is 5.60 Å². The van der Waals surface area contributed by atoms with Gasteiger partial charge in [0.15, 0.2) is 17.1 Å². The monoisotopic (exact) mass is 216 g/mol. The molecule has 4 heteroatoms. The lowest BCUT2D eigenvalue weighted by Crippen LogP contribution is -2.26. The van der Waals surface area contributed by atoms with Crippen LogP contribution in [-0.4, -0.2) is 12.7 Å². The second-order valence-electron chi connectivity index (χ2n) is 3.67. The zero-order chi connectivity index (χ0) is 12.2. The lowest BCUT2D eigenvalue weighted by molar-refractivity contribution is 0.162. The quantitative estimate of drug-likeness (QED) is 0.777. The van der Waals surface area contributed by atoms with E-state index in [0.717, 1.165) is 0 Å². The number of hydrogen-bond donors (Lipinski definition) is 0. The minimum Gasteiger partial charge on any atom is -0.493 e. The molecule has 0 N–H and O–H groups in total. The van der Waals surface area contributed by atoms with E-state index >= 15 is 0 Å². The number of nitriles is 2. The normalized spacial score (nSPS) is 10.1. The highest BCUT2D eigenvalue weighted by atomic mass is 16.5. The van der Waals surface area contributed by atoms with E-state index in [2.05, 4.69) is 0 Å². The molecule has 0 atom stereocenters. The molecule has 1 aromatic rings. The van der Waals surface area contributed by atoms with E-state index in [-0.39, 0.29) is 0 Å². The Labute approximate surface area is 94.6 Å². The number of hydrogen-bond acceptors (Lipinski definition) is 4. The van der Waals surface area contributed by atoms with Crippen LogP contribution in [0, 0.1) is 22.7 Å². The van der Waals surface area contributed by atoms with Gasteiger partial charge >= 0.3 is 0 Å². The van der Waals surface area contributed by atoms with Crippen molar-refractivity contribution in [2.45, 2.75) is 19.4 Å².